The van der Waals surface area contributed by atoms with Crippen molar-refractivity contribution in [3.63, 3.8) is 0 Å². The predicted molar refractivity (Wildman–Crippen MR) is 167 cm³/mol. The fourth-order valence-corrected chi connectivity index (χ4v) is 6.50. The van der Waals surface area contributed by atoms with Crippen molar-refractivity contribution in [3.8, 4) is 22.6 Å². The molecule has 0 radical (unpaired) electrons. The van der Waals surface area contributed by atoms with Gasteiger partial charge in [0.05, 0.1) is 23.9 Å². The van der Waals surface area contributed by atoms with E-state index >= 15 is 0 Å². The number of imidazole rings is 2. The van der Waals surface area contributed by atoms with Crippen molar-refractivity contribution >= 4 is 17.4 Å². The second-order valence-electron chi connectivity index (χ2n) is 12.1. The Morgan fingerprint density at radius 1 is 0.956 bits per heavy atom. The van der Waals surface area contributed by atoms with Gasteiger partial charge in [-0.25, -0.2) is 23.9 Å². The van der Waals surface area contributed by atoms with Crippen LogP contribution < -0.4 is 5.32 Å². The zero-order chi connectivity index (χ0) is 30.9. The highest BCUT2D eigenvalue weighted by Gasteiger charge is 2.28. The summed E-state index contributed by atoms with van der Waals surface area (Å²) in [4.78, 5) is 30.5. The lowest BCUT2D eigenvalue weighted by Crippen LogP contribution is -2.41. The van der Waals surface area contributed by atoms with Crippen molar-refractivity contribution in [1.29, 1.82) is 0 Å². The summed E-state index contributed by atoms with van der Waals surface area (Å²) in [5, 5.41) is 7.58. The zero-order valence-electron chi connectivity index (χ0n) is 25.1. The summed E-state index contributed by atoms with van der Waals surface area (Å²) >= 11 is 0. The summed E-state index contributed by atoms with van der Waals surface area (Å²) in [5.74, 6) is -0.498. The monoisotopic (exact) mass is 611 g/mol. The smallest absolute Gasteiger partial charge is 0.257 e. The molecule has 0 unspecified atom stereocenters. The molecule has 2 aliphatic heterocycles. The SMILES string of the molecule is CN1CCC(CN2CCC(n3cnc(-c4ccc(F)cc4)c3-c3ccc4nc(NC(=O)c5ccnc(F)c5)cn4n3)CC2)CC1. The highest BCUT2D eigenvalue weighted by molar-refractivity contribution is 6.03. The van der Waals surface area contributed by atoms with Gasteiger partial charge in [-0.1, -0.05) is 0 Å². The number of nitrogens with one attached hydrogen (secondary N) is 1. The number of piperidine rings is 2. The van der Waals surface area contributed by atoms with Gasteiger partial charge in [-0.2, -0.15) is 9.49 Å². The molecule has 1 N–H and O–H groups in total. The number of amides is 1. The van der Waals surface area contributed by atoms with E-state index < -0.39 is 11.9 Å². The van der Waals surface area contributed by atoms with E-state index in [1.807, 2.05) is 18.5 Å². The van der Waals surface area contributed by atoms with Gasteiger partial charge < -0.3 is 19.7 Å². The van der Waals surface area contributed by atoms with Crippen molar-refractivity contribution in [3.05, 3.63) is 84.6 Å². The third kappa shape index (κ3) is 6.34. The lowest BCUT2D eigenvalue weighted by molar-refractivity contribution is 0.102. The molecule has 12 heteroatoms. The number of rotatable bonds is 7. The van der Waals surface area contributed by atoms with Crippen LogP contribution >= 0.6 is 0 Å². The van der Waals surface area contributed by atoms with Crippen LogP contribution in [0.1, 0.15) is 42.1 Å². The maximum atomic E-state index is 13.8. The molecule has 2 fully saturated rings. The Kier molecular flexibility index (Phi) is 8.07. The second-order valence-corrected chi connectivity index (χ2v) is 12.1. The Morgan fingerprint density at radius 3 is 2.49 bits per heavy atom. The number of fused-ring (bicyclic) bond motifs is 1. The summed E-state index contributed by atoms with van der Waals surface area (Å²) in [6.07, 6.45) is 9.26. The molecule has 6 heterocycles. The van der Waals surface area contributed by atoms with Crippen LogP contribution in [-0.4, -0.2) is 84.6 Å². The van der Waals surface area contributed by atoms with Crippen molar-refractivity contribution < 1.29 is 13.6 Å². The molecule has 45 heavy (non-hydrogen) atoms. The lowest BCUT2D eigenvalue weighted by Gasteiger charge is -2.37. The molecule has 10 nitrogen and oxygen atoms in total. The average Bonchev–Trinajstić information content (AvgIpc) is 3.67. The Balaban J connectivity index is 1.15. The standard InChI is InChI=1S/C33H35F2N9O/c1-41-14-9-22(10-15-41)19-42-16-11-26(12-17-42)43-21-37-31(23-2-4-25(34)5-3-23)32(43)27-6-7-30-38-29(20-44(30)40-27)39-33(45)24-8-13-36-28(35)18-24/h2-8,13,18,20-22,26H,9-12,14-17,19H2,1H3,(H,39,45). The minimum atomic E-state index is -0.736. The zero-order valence-corrected chi connectivity index (χ0v) is 25.1. The summed E-state index contributed by atoms with van der Waals surface area (Å²) in [7, 11) is 2.20. The number of carbonyl (C=O) groups is 1. The lowest BCUT2D eigenvalue weighted by atomic mass is 9.95. The molecule has 0 aliphatic carbocycles. The van der Waals surface area contributed by atoms with Crippen LogP contribution in [-0.2, 0) is 0 Å². The molecule has 2 saturated heterocycles. The summed E-state index contributed by atoms with van der Waals surface area (Å²) in [5.41, 5.74) is 3.73. The van der Waals surface area contributed by atoms with E-state index in [2.05, 4.69) is 36.7 Å². The van der Waals surface area contributed by atoms with Crippen LogP contribution in [0.3, 0.4) is 0 Å². The fraction of sp³-hybridized carbons (Fsp3) is 0.364. The summed E-state index contributed by atoms with van der Waals surface area (Å²) < 4.78 is 31.2. The van der Waals surface area contributed by atoms with Gasteiger partial charge in [-0.15, -0.1) is 0 Å². The molecule has 0 spiro atoms. The molecular weight excluding hydrogens is 576 g/mol. The first kappa shape index (κ1) is 29.2. The minimum absolute atomic E-state index is 0.137. The Hall–Kier alpha value is -4.55. The third-order valence-corrected chi connectivity index (χ3v) is 9.01. The molecule has 232 valence electrons. The van der Waals surface area contributed by atoms with E-state index in [0.29, 0.717) is 11.3 Å². The van der Waals surface area contributed by atoms with E-state index in [4.69, 9.17) is 10.1 Å². The van der Waals surface area contributed by atoms with Crippen molar-refractivity contribution in [1.82, 2.24) is 38.9 Å². The average molecular weight is 612 g/mol. The van der Waals surface area contributed by atoms with Gasteiger partial charge in [0.2, 0.25) is 5.95 Å². The first-order valence-corrected chi connectivity index (χ1v) is 15.4. The largest absolute Gasteiger partial charge is 0.326 e. The number of benzene rings is 1. The van der Waals surface area contributed by atoms with Crippen LogP contribution in [0.4, 0.5) is 14.6 Å². The predicted octanol–water partition coefficient (Wildman–Crippen LogP) is 5.16. The van der Waals surface area contributed by atoms with E-state index in [9.17, 15) is 13.6 Å². The van der Waals surface area contributed by atoms with Crippen LogP contribution in [0, 0.1) is 17.7 Å². The first-order chi connectivity index (χ1) is 21.9. The van der Waals surface area contributed by atoms with Gasteiger partial charge in [0, 0.05) is 49.1 Å². The number of nitrogens with zero attached hydrogens (tertiary/aromatic N) is 8. The van der Waals surface area contributed by atoms with E-state index in [-0.39, 0.29) is 23.2 Å². The summed E-state index contributed by atoms with van der Waals surface area (Å²) in [6, 6.07) is 12.8. The van der Waals surface area contributed by atoms with Crippen LogP contribution in [0.5, 0.6) is 0 Å². The molecule has 0 saturated carbocycles. The van der Waals surface area contributed by atoms with Gasteiger partial charge in [0.25, 0.3) is 5.91 Å². The number of hydrogen-bond acceptors (Lipinski definition) is 7. The minimum Gasteiger partial charge on any atom is -0.326 e. The normalized spacial score (nSPS) is 17.2. The van der Waals surface area contributed by atoms with E-state index in [1.165, 1.54) is 50.3 Å². The summed E-state index contributed by atoms with van der Waals surface area (Å²) in [6.45, 7) is 5.57. The van der Waals surface area contributed by atoms with Gasteiger partial charge in [-0.3, -0.25) is 4.79 Å². The molecule has 4 aromatic heterocycles. The quantitative estimate of drug-likeness (QED) is 0.254. The number of anilines is 1. The first-order valence-electron chi connectivity index (χ1n) is 15.4. The fourth-order valence-electron chi connectivity index (χ4n) is 6.50. The topological polar surface area (TPSA) is 96.5 Å². The highest BCUT2D eigenvalue weighted by Crippen LogP contribution is 2.36. The molecule has 1 amide bonds. The Morgan fingerprint density at radius 2 is 1.73 bits per heavy atom. The molecule has 2 aliphatic rings. The van der Waals surface area contributed by atoms with Crippen LogP contribution in [0.15, 0.2) is 67.3 Å². The van der Waals surface area contributed by atoms with Crippen molar-refractivity contribution in [2.75, 3.05) is 45.1 Å². The van der Waals surface area contributed by atoms with Gasteiger partial charge in [0.1, 0.15) is 11.5 Å². The van der Waals surface area contributed by atoms with Gasteiger partial charge >= 0.3 is 0 Å². The molecule has 7 rings (SSSR count). The number of halogens is 2. The third-order valence-electron chi connectivity index (χ3n) is 9.01. The number of aromatic nitrogens is 6. The molecule has 5 aromatic rings. The Bertz CT molecular complexity index is 1800. The number of likely N-dealkylation sites (tertiary alicyclic amines) is 2. The molecule has 0 atom stereocenters. The van der Waals surface area contributed by atoms with Gasteiger partial charge in [0.15, 0.2) is 11.5 Å². The van der Waals surface area contributed by atoms with Gasteiger partial charge in [-0.05, 0) is 94.2 Å². The molecular formula is C33H35F2N9O. The van der Waals surface area contributed by atoms with Crippen molar-refractivity contribution in [2.24, 2.45) is 5.92 Å². The number of hydrogen-bond donors (Lipinski definition) is 1. The maximum Gasteiger partial charge on any atom is 0.257 e. The maximum absolute atomic E-state index is 13.8. The molecule has 1 aromatic carbocycles. The van der Waals surface area contributed by atoms with Crippen LogP contribution in [0.25, 0.3) is 28.3 Å². The van der Waals surface area contributed by atoms with Crippen molar-refractivity contribution in [2.45, 2.75) is 31.7 Å². The second kappa shape index (κ2) is 12.4. The molecule has 0 bridgehead atoms. The number of carbonyl (C=O) groups excluding carboxylic acids is 1. The van der Waals surface area contributed by atoms with Crippen LogP contribution in [0.2, 0.25) is 0 Å². The Labute approximate surface area is 259 Å². The van der Waals surface area contributed by atoms with E-state index in [0.717, 1.165) is 61.4 Å². The van der Waals surface area contributed by atoms with E-state index in [1.54, 1.807) is 22.8 Å². The highest BCUT2D eigenvalue weighted by atomic mass is 19.1. The number of pyridine rings is 1.